The first-order valence-corrected chi connectivity index (χ1v) is 8.04. The summed E-state index contributed by atoms with van der Waals surface area (Å²) in [6.45, 7) is 0.592. The van der Waals surface area contributed by atoms with Crippen LogP contribution in [0.5, 0.6) is 0 Å². The van der Waals surface area contributed by atoms with E-state index in [2.05, 4.69) is 12.4 Å². The van der Waals surface area contributed by atoms with Crippen LogP contribution >= 0.6 is 0 Å². The van der Waals surface area contributed by atoms with E-state index in [-0.39, 0.29) is 12.6 Å². The van der Waals surface area contributed by atoms with E-state index in [1.54, 1.807) is 0 Å². The second-order valence-electron chi connectivity index (χ2n) is 6.28. The van der Waals surface area contributed by atoms with E-state index >= 15 is 0 Å². The molecule has 3 saturated heterocycles. The van der Waals surface area contributed by atoms with E-state index in [1.807, 2.05) is 30.3 Å². The van der Waals surface area contributed by atoms with Gasteiger partial charge in [0.15, 0.2) is 6.00 Å². The Hall–Kier alpha value is -1.90. The molecule has 0 aromatic heterocycles. The van der Waals surface area contributed by atoms with Gasteiger partial charge in [0.05, 0.1) is 6.54 Å². The van der Waals surface area contributed by atoms with Gasteiger partial charge in [-0.2, -0.15) is 0 Å². The van der Waals surface area contributed by atoms with Crippen LogP contribution in [0.1, 0.15) is 24.5 Å². The fourth-order valence-electron chi connectivity index (χ4n) is 3.36. The summed E-state index contributed by atoms with van der Waals surface area (Å²) in [6.07, 6.45) is 1.12. The predicted octanol–water partition coefficient (Wildman–Crippen LogP) is 0.427. The van der Waals surface area contributed by atoms with Crippen LogP contribution in [0.3, 0.4) is 0 Å². The summed E-state index contributed by atoms with van der Waals surface area (Å²) in [5.74, 6) is -0.965. The topological polar surface area (TPSA) is 80.4 Å². The quantitative estimate of drug-likeness (QED) is 0.479. The number of carbonyl (C=O) groups excluding carboxylic acids is 2. The number of carbonyl (C=O) groups is 2. The molecule has 3 atom stereocenters. The fourth-order valence-corrected chi connectivity index (χ4v) is 3.36. The molecule has 3 fully saturated rings. The van der Waals surface area contributed by atoms with Crippen LogP contribution in [0.25, 0.3) is 0 Å². The Morgan fingerprint density at radius 1 is 1.25 bits per heavy atom. The van der Waals surface area contributed by atoms with E-state index in [0.717, 1.165) is 12.0 Å². The van der Waals surface area contributed by atoms with Gasteiger partial charge in [-0.3, -0.25) is 22.0 Å². The Kier molecular flexibility index (Phi) is 3.82. The van der Waals surface area contributed by atoms with Crippen LogP contribution in [0.4, 0.5) is 0 Å². The molecule has 0 aliphatic carbocycles. The van der Waals surface area contributed by atoms with Crippen LogP contribution in [0, 0.1) is 7.05 Å². The van der Waals surface area contributed by atoms with Gasteiger partial charge in [-0.25, -0.2) is 0 Å². The lowest BCUT2D eigenvalue weighted by molar-refractivity contribution is -0.157. The number of rotatable bonds is 2. The van der Waals surface area contributed by atoms with E-state index < -0.39 is 30.7 Å². The number of ether oxygens (including phenoxy) is 1. The van der Waals surface area contributed by atoms with Crippen molar-refractivity contribution >= 4 is 19.1 Å². The molecule has 1 aromatic rings. The maximum atomic E-state index is 12.7. The molecule has 2 unspecified atom stereocenters. The summed E-state index contributed by atoms with van der Waals surface area (Å²) in [5, 5.41) is 3.12. The lowest BCUT2D eigenvalue weighted by Crippen LogP contribution is -2.63. The van der Waals surface area contributed by atoms with Gasteiger partial charge in [-0.15, -0.1) is 0 Å². The lowest BCUT2D eigenvalue weighted by atomic mass is 9.80. The number of hydrogen-bond donors (Lipinski definition) is 1. The molecule has 3 aliphatic heterocycles. The lowest BCUT2D eigenvalue weighted by Gasteiger charge is -2.43. The highest BCUT2D eigenvalue weighted by Crippen LogP contribution is 2.41. The SMILES string of the molecule is [CH2-]N1CC(=O)OB(C2OC2c2ccccc2)OC(=O)[C@]12CCCN2. The van der Waals surface area contributed by atoms with Crippen molar-refractivity contribution < 1.29 is 23.6 Å². The molecular formula is C16H18BN2O5-. The zero-order valence-corrected chi connectivity index (χ0v) is 13.1. The molecule has 0 saturated carbocycles. The summed E-state index contributed by atoms with van der Waals surface area (Å²) in [5.41, 5.74) is -0.0985. The number of hydrogen-bond acceptors (Lipinski definition) is 7. The Balaban J connectivity index is 1.53. The van der Waals surface area contributed by atoms with E-state index in [4.69, 9.17) is 14.0 Å². The summed E-state index contributed by atoms with van der Waals surface area (Å²) >= 11 is 0. The number of nitrogens with one attached hydrogen (secondary N) is 1. The Labute approximate surface area is 140 Å². The van der Waals surface area contributed by atoms with Crippen molar-refractivity contribution in [3.05, 3.63) is 42.9 Å². The molecule has 24 heavy (non-hydrogen) atoms. The Bertz CT molecular complexity index is 649. The van der Waals surface area contributed by atoms with Gasteiger partial charge in [0.2, 0.25) is 0 Å². The molecule has 0 amide bonds. The number of nitrogens with zero attached hydrogens (tertiary/aromatic N) is 1. The zero-order valence-electron chi connectivity index (χ0n) is 13.1. The third kappa shape index (κ3) is 2.60. The van der Waals surface area contributed by atoms with Crippen LogP contribution in [-0.2, 0) is 23.6 Å². The maximum absolute atomic E-state index is 12.7. The molecule has 126 valence electrons. The second-order valence-corrected chi connectivity index (χ2v) is 6.28. The largest absolute Gasteiger partial charge is 0.633 e. The first kappa shape index (κ1) is 15.6. The normalized spacial score (nSPS) is 33.8. The van der Waals surface area contributed by atoms with Crippen molar-refractivity contribution in [2.24, 2.45) is 0 Å². The third-order valence-electron chi connectivity index (χ3n) is 4.72. The molecule has 8 heteroatoms. The molecule has 1 N–H and O–H groups in total. The highest BCUT2D eigenvalue weighted by atomic mass is 16.7. The van der Waals surface area contributed by atoms with Crippen molar-refractivity contribution in [3.63, 3.8) is 0 Å². The maximum Gasteiger partial charge on any atom is 0.633 e. The third-order valence-corrected chi connectivity index (χ3v) is 4.72. The number of epoxide rings is 1. The molecule has 1 spiro atoms. The highest BCUT2D eigenvalue weighted by Gasteiger charge is 2.58. The van der Waals surface area contributed by atoms with Crippen molar-refractivity contribution in [2.75, 3.05) is 13.1 Å². The Morgan fingerprint density at radius 2 is 2.04 bits per heavy atom. The predicted molar refractivity (Wildman–Crippen MR) is 84.0 cm³/mol. The van der Waals surface area contributed by atoms with Gasteiger partial charge in [-0.1, -0.05) is 30.3 Å². The molecule has 1 aromatic carbocycles. The smallest absolute Gasteiger partial charge is 0.497 e. The van der Waals surface area contributed by atoms with Crippen molar-refractivity contribution in [1.82, 2.24) is 10.2 Å². The monoisotopic (exact) mass is 329 g/mol. The van der Waals surface area contributed by atoms with Crippen LogP contribution in [0.2, 0.25) is 0 Å². The standard InChI is InChI=1S/C16H18BN2O5/c1-19-10-12(20)23-17(24-15(21)16(19)8-5-9-18-16)14-13(22-14)11-6-3-2-4-7-11/h2-4,6-7,13-14,18H,1,5,8-10H2/q-1/t13?,14?,16-/m0/s1. The van der Waals surface area contributed by atoms with Crippen molar-refractivity contribution in [1.29, 1.82) is 0 Å². The summed E-state index contributed by atoms with van der Waals surface area (Å²) in [4.78, 5) is 26.2. The molecule has 3 heterocycles. The van der Waals surface area contributed by atoms with Gasteiger partial charge in [-0.05, 0) is 24.9 Å². The fraction of sp³-hybridized carbons (Fsp3) is 0.438. The van der Waals surface area contributed by atoms with Gasteiger partial charge in [0.1, 0.15) is 11.8 Å². The summed E-state index contributed by atoms with van der Waals surface area (Å²) < 4.78 is 16.4. The number of benzene rings is 1. The highest BCUT2D eigenvalue weighted by molar-refractivity contribution is 6.51. The molecule has 0 bridgehead atoms. The molecule has 0 radical (unpaired) electrons. The van der Waals surface area contributed by atoms with Gasteiger partial charge in [0, 0.05) is 0 Å². The Morgan fingerprint density at radius 3 is 2.75 bits per heavy atom. The van der Waals surface area contributed by atoms with E-state index in [1.165, 1.54) is 4.90 Å². The second kappa shape index (κ2) is 5.88. The van der Waals surface area contributed by atoms with Crippen molar-refractivity contribution in [2.45, 2.75) is 30.6 Å². The molecule has 7 nitrogen and oxygen atoms in total. The van der Waals surface area contributed by atoms with Crippen LogP contribution < -0.4 is 5.32 Å². The molecule has 4 rings (SSSR count). The van der Waals surface area contributed by atoms with Gasteiger partial charge >= 0.3 is 19.1 Å². The molecule has 3 aliphatic rings. The van der Waals surface area contributed by atoms with E-state index in [9.17, 15) is 9.59 Å². The average molecular weight is 329 g/mol. The van der Waals surface area contributed by atoms with Gasteiger partial charge < -0.3 is 18.9 Å². The van der Waals surface area contributed by atoms with Crippen LogP contribution in [-0.4, -0.2) is 48.7 Å². The minimum atomic E-state index is -1.06. The minimum absolute atomic E-state index is 0.0820. The first-order valence-electron chi connectivity index (χ1n) is 8.04. The van der Waals surface area contributed by atoms with E-state index in [0.29, 0.717) is 13.0 Å². The average Bonchev–Trinajstić information content (AvgIpc) is 3.21. The minimum Gasteiger partial charge on any atom is -0.497 e. The summed E-state index contributed by atoms with van der Waals surface area (Å²) in [6, 6.07) is 9.10. The first-order chi connectivity index (χ1) is 11.6. The van der Waals surface area contributed by atoms with Gasteiger partial charge in [0.25, 0.3) is 0 Å². The van der Waals surface area contributed by atoms with Crippen molar-refractivity contribution in [3.8, 4) is 0 Å². The summed E-state index contributed by atoms with van der Waals surface area (Å²) in [7, 11) is 2.78. The van der Waals surface area contributed by atoms with Crippen LogP contribution in [0.15, 0.2) is 30.3 Å². The zero-order chi connectivity index (χ0) is 16.7. The molecular weight excluding hydrogens is 311 g/mol.